The Balaban J connectivity index is 4.58. The van der Waals surface area contributed by atoms with Crippen molar-refractivity contribution in [2.24, 2.45) is 5.41 Å². The molecule has 0 aromatic carbocycles. The number of carboxylic acid groups (broad SMARTS) is 1. The molecule has 0 aromatic rings. The van der Waals surface area contributed by atoms with E-state index < -0.39 is 24.8 Å². The third kappa shape index (κ3) is 7.97. The molecule has 0 aliphatic carbocycles. The fraction of sp³-hybridized carbons (Fsp3) is 0.917. The molecule has 1 unspecified atom stereocenters. The van der Waals surface area contributed by atoms with Crippen LogP contribution >= 0.6 is 7.82 Å². The van der Waals surface area contributed by atoms with Gasteiger partial charge in [-0.3, -0.25) is 13.8 Å². The Hall–Kier alpha value is -0.460. The SMILES string of the molecule is CN(C)CCOP(=O)(O)OC(C)(C)CC(C)(C)C(=O)O. The lowest BCUT2D eigenvalue weighted by molar-refractivity contribution is -0.150. The number of hydrogen-bond acceptors (Lipinski definition) is 5. The van der Waals surface area contributed by atoms with Gasteiger partial charge in [0.1, 0.15) is 0 Å². The molecule has 1 atom stereocenters. The summed E-state index contributed by atoms with van der Waals surface area (Å²) < 4.78 is 21.8. The van der Waals surface area contributed by atoms with Gasteiger partial charge in [-0.25, -0.2) is 4.57 Å². The van der Waals surface area contributed by atoms with E-state index in [0.717, 1.165) is 0 Å². The molecule has 0 aromatic heterocycles. The average molecular weight is 311 g/mol. The predicted molar refractivity (Wildman–Crippen MR) is 75.5 cm³/mol. The molecule has 20 heavy (non-hydrogen) atoms. The number of phosphoric ester groups is 1. The number of nitrogens with zero attached hydrogens (tertiary/aromatic N) is 1. The first-order chi connectivity index (χ1) is 8.77. The lowest BCUT2D eigenvalue weighted by Gasteiger charge is -2.33. The molecule has 0 fully saturated rings. The second-order valence-electron chi connectivity index (χ2n) is 6.32. The molecule has 0 rings (SSSR count). The number of rotatable bonds is 9. The van der Waals surface area contributed by atoms with Crippen molar-refractivity contribution < 1.29 is 28.4 Å². The van der Waals surface area contributed by atoms with Crippen LogP contribution < -0.4 is 0 Å². The van der Waals surface area contributed by atoms with E-state index in [-0.39, 0.29) is 13.0 Å². The van der Waals surface area contributed by atoms with Crippen molar-refractivity contribution in [3.05, 3.63) is 0 Å². The lowest BCUT2D eigenvalue weighted by atomic mass is 9.82. The largest absolute Gasteiger partial charge is 0.481 e. The minimum atomic E-state index is -4.21. The second-order valence-corrected chi connectivity index (χ2v) is 7.70. The van der Waals surface area contributed by atoms with Gasteiger partial charge in [-0.05, 0) is 48.2 Å². The zero-order valence-electron chi connectivity index (χ0n) is 13.0. The Morgan fingerprint density at radius 1 is 1.25 bits per heavy atom. The van der Waals surface area contributed by atoms with E-state index in [0.29, 0.717) is 6.54 Å². The van der Waals surface area contributed by atoms with Crippen LogP contribution in [-0.4, -0.2) is 53.7 Å². The monoisotopic (exact) mass is 311 g/mol. The van der Waals surface area contributed by atoms with Crippen LogP contribution in [0.2, 0.25) is 0 Å². The van der Waals surface area contributed by atoms with Gasteiger partial charge in [-0.1, -0.05) is 0 Å². The van der Waals surface area contributed by atoms with Crippen LogP contribution in [0, 0.1) is 5.41 Å². The van der Waals surface area contributed by atoms with Crippen LogP contribution in [0.5, 0.6) is 0 Å². The van der Waals surface area contributed by atoms with E-state index in [4.69, 9.17) is 14.2 Å². The molecule has 0 amide bonds. The Morgan fingerprint density at radius 3 is 2.15 bits per heavy atom. The zero-order valence-corrected chi connectivity index (χ0v) is 13.9. The van der Waals surface area contributed by atoms with E-state index in [1.165, 1.54) is 13.8 Å². The van der Waals surface area contributed by atoms with Gasteiger partial charge >= 0.3 is 13.8 Å². The quantitative estimate of drug-likeness (QED) is 0.628. The molecule has 0 aliphatic heterocycles. The second kappa shape index (κ2) is 7.00. The first kappa shape index (κ1) is 19.5. The minimum absolute atomic E-state index is 0.0547. The van der Waals surface area contributed by atoms with Crippen LogP contribution in [0.1, 0.15) is 34.1 Å². The van der Waals surface area contributed by atoms with E-state index in [2.05, 4.69) is 0 Å². The van der Waals surface area contributed by atoms with Gasteiger partial charge in [0, 0.05) is 6.54 Å². The van der Waals surface area contributed by atoms with Gasteiger partial charge in [0.25, 0.3) is 0 Å². The first-order valence-electron chi connectivity index (χ1n) is 6.34. The highest BCUT2D eigenvalue weighted by molar-refractivity contribution is 7.47. The number of hydrogen-bond donors (Lipinski definition) is 2. The molecular weight excluding hydrogens is 285 g/mol. The Labute approximate surface area is 120 Å². The van der Waals surface area contributed by atoms with E-state index in [1.807, 2.05) is 14.1 Å². The molecule has 0 aliphatic rings. The van der Waals surface area contributed by atoms with Crippen molar-refractivity contribution >= 4 is 13.8 Å². The highest BCUT2D eigenvalue weighted by Crippen LogP contribution is 2.49. The van der Waals surface area contributed by atoms with Gasteiger partial charge in [0.15, 0.2) is 0 Å². The number of aliphatic carboxylic acids is 1. The molecule has 2 N–H and O–H groups in total. The van der Waals surface area contributed by atoms with Gasteiger partial charge in [0.05, 0.1) is 17.6 Å². The topological polar surface area (TPSA) is 96.3 Å². The van der Waals surface area contributed by atoms with E-state index in [9.17, 15) is 14.3 Å². The summed E-state index contributed by atoms with van der Waals surface area (Å²) in [5.41, 5.74) is -2.16. The van der Waals surface area contributed by atoms with Crippen molar-refractivity contribution in [2.75, 3.05) is 27.2 Å². The van der Waals surface area contributed by atoms with Crippen LogP contribution in [0.4, 0.5) is 0 Å². The standard InChI is InChI=1S/C12H26NO6P/c1-11(2,10(14)15)9-12(3,4)19-20(16,17)18-8-7-13(5)6/h7-9H2,1-6H3,(H,14,15)(H,16,17). The van der Waals surface area contributed by atoms with Gasteiger partial charge < -0.3 is 14.9 Å². The Morgan fingerprint density at radius 2 is 1.75 bits per heavy atom. The van der Waals surface area contributed by atoms with Crippen molar-refractivity contribution in [2.45, 2.75) is 39.7 Å². The molecule has 7 nitrogen and oxygen atoms in total. The van der Waals surface area contributed by atoms with Crippen molar-refractivity contribution in [3.8, 4) is 0 Å². The summed E-state index contributed by atoms with van der Waals surface area (Å²) in [7, 11) is -0.583. The minimum Gasteiger partial charge on any atom is -0.481 e. The molecule has 0 spiro atoms. The maximum absolute atomic E-state index is 11.8. The maximum atomic E-state index is 11.8. The third-order valence-electron chi connectivity index (χ3n) is 2.60. The summed E-state index contributed by atoms with van der Waals surface area (Å²) in [4.78, 5) is 22.5. The maximum Gasteiger partial charge on any atom is 0.472 e. The summed E-state index contributed by atoms with van der Waals surface area (Å²) in [6.07, 6.45) is 0.0803. The average Bonchev–Trinajstić information content (AvgIpc) is 2.11. The summed E-state index contributed by atoms with van der Waals surface area (Å²) in [6, 6.07) is 0. The molecule has 0 heterocycles. The summed E-state index contributed by atoms with van der Waals surface area (Å²) >= 11 is 0. The molecule has 0 saturated heterocycles. The molecule has 0 saturated carbocycles. The van der Waals surface area contributed by atoms with Gasteiger partial charge in [0.2, 0.25) is 0 Å². The van der Waals surface area contributed by atoms with E-state index >= 15 is 0 Å². The fourth-order valence-electron chi connectivity index (χ4n) is 1.85. The number of carboxylic acids is 1. The number of carbonyl (C=O) groups is 1. The van der Waals surface area contributed by atoms with Crippen LogP contribution in [-0.2, 0) is 18.4 Å². The summed E-state index contributed by atoms with van der Waals surface area (Å²) in [5, 5.41) is 9.08. The molecule has 120 valence electrons. The van der Waals surface area contributed by atoms with Gasteiger partial charge in [-0.2, -0.15) is 0 Å². The van der Waals surface area contributed by atoms with E-state index in [1.54, 1.807) is 18.7 Å². The summed E-state index contributed by atoms with van der Waals surface area (Å²) in [6.45, 7) is 6.74. The highest BCUT2D eigenvalue weighted by Gasteiger charge is 2.39. The van der Waals surface area contributed by atoms with Crippen LogP contribution in [0.15, 0.2) is 0 Å². The number of phosphoric acid groups is 1. The third-order valence-corrected chi connectivity index (χ3v) is 3.84. The van der Waals surface area contributed by atoms with Gasteiger partial charge in [-0.15, -0.1) is 0 Å². The Kier molecular flexibility index (Phi) is 6.84. The fourth-order valence-corrected chi connectivity index (χ4v) is 2.90. The molecule has 8 heteroatoms. The smallest absolute Gasteiger partial charge is 0.472 e. The first-order valence-corrected chi connectivity index (χ1v) is 7.83. The van der Waals surface area contributed by atoms with Crippen LogP contribution in [0.3, 0.4) is 0 Å². The van der Waals surface area contributed by atoms with Crippen LogP contribution in [0.25, 0.3) is 0 Å². The molecular formula is C12H26NO6P. The normalized spacial score (nSPS) is 16.2. The zero-order chi connectivity index (χ0) is 16.2. The lowest BCUT2D eigenvalue weighted by Crippen LogP contribution is -2.35. The Bertz CT molecular complexity index is 380. The number of likely N-dealkylation sites (N-methyl/N-ethyl adjacent to an activating group) is 1. The van der Waals surface area contributed by atoms with Crippen molar-refractivity contribution in [1.82, 2.24) is 4.90 Å². The predicted octanol–water partition coefficient (Wildman–Crippen LogP) is 1.96. The molecule has 0 bridgehead atoms. The van der Waals surface area contributed by atoms with Crippen molar-refractivity contribution in [3.63, 3.8) is 0 Å². The highest BCUT2D eigenvalue weighted by atomic mass is 31.2. The summed E-state index contributed by atoms with van der Waals surface area (Å²) in [5.74, 6) is -0.990. The molecule has 0 radical (unpaired) electrons. The van der Waals surface area contributed by atoms with Crippen molar-refractivity contribution in [1.29, 1.82) is 0 Å².